The van der Waals surface area contributed by atoms with E-state index in [0.717, 1.165) is 23.1 Å². The van der Waals surface area contributed by atoms with Gasteiger partial charge in [-0.1, -0.05) is 6.92 Å². The molecule has 1 saturated carbocycles. The summed E-state index contributed by atoms with van der Waals surface area (Å²) in [4.78, 5) is 8.50. The molecule has 16 heavy (non-hydrogen) atoms. The maximum atomic E-state index is 4.31. The first-order valence-corrected chi connectivity index (χ1v) is 5.96. The summed E-state index contributed by atoms with van der Waals surface area (Å²) < 4.78 is 0. The van der Waals surface area contributed by atoms with Crippen molar-refractivity contribution in [3.63, 3.8) is 0 Å². The van der Waals surface area contributed by atoms with Gasteiger partial charge in [0.05, 0.1) is 0 Å². The lowest BCUT2D eigenvalue weighted by Gasteiger charge is -2.16. The Labute approximate surface area is 96.9 Å². The van der Waals surface area contributed by atoms with Crippen molar-refractivity contribution in [3.05, 3.63) is 11.9 Å². The molecular formula is C12H20N4. The van der Waals surface area contributed by atoms with E-state index in [1.165, 1.54) is 19.3 Å². The Hall–Kier alpha value is -1.32. The highest BCUT2D eigenvalue weighted by Crippen LogP contribution is 2.28. The second-order valence-corrected chi connectivity index (χ2v) is 4.71. The monoisotopic (exact) mass is 220 g/mol. The number of hydrogen-bond acceptors (Lipinski definition) is 4. The molecule has 0 bridgehead atoms. The first-order chi connectivity index (χ1) is 7.70. The van der Waals surface area contributed by atoms with Gasteiger partial charge in [-0.05, 0) is 32.1 Å². The second kappa shape index (κ2) is 4.68. The highest BCUT2D eigenvalue weighted by molar-refractivity contribution is 5.56. The molecule has 2 unspecified atom stereocenters. The summed E-state index contributed by atoms with van der Waals surface area (Å²) in [5, 5.41) is 6.60. The number of rotatable bonds is 3. The van der Waals surface area contributed by atoms with Gasteiger partial charge in [-0.3, -0.25) is 0 Å². The molecule has 1 heterocycles. The Bertz CT molecular complexity index is 364. The number of anilines is 2. The number of nitrogens with zero attached hydrogens (tertiary/aromatic N) is 2. The summed E-state index contributed by atoms with van der Waals surface area (Å²) in [5.74, 6) is 2.71. The Morgan fingerprint density at radius 3 is 2.62 bits per heavy atom. The molecule has 0 saturated heterocycles. The molecule has 0 aromatic carbocycles. The van der Waals surface area contributed by atoms with Crippen LogP contribution in [0.15, 0.2) is 6.33 Å². The van der Waals surface area contributed by atoms with E-state index in [1.54, 1.807) is 6.33 Å². The van der Waals surface area contributed by atoms with Crippen LogP contribution < -0.4 is 10.6 Å². The molecule has 2 N–H and O–H groups in total. The first-order valence-electron chi connectivity index (χ1n) is 5.96. The zero-order valence-corrected chi connectivity index (χ0v) is 10.2. The third-order valence-corrected chi connectivity index (χ3v) is 3.36. The van der Waals surface area contributed by atoms with Crippen molar-refractivity contribution < 1.29 is 0 Å². The van der Waals surface area contributed by atoms with Crippen LogP contribution in [0.25, 0.3) is 0 Å². The summed E-state index contributed by atoms with van der Waals surface area (Å²) in [5.41, 5.74) is 1.10. The van der Waals surface area contributed by atoms with Gasteiger partial charge in [-0.15, -0.1) is 0 Å². The minimum atomic E-state index is 0.577. The van der Waals surface area contributed by atoms with Gasteiger partial charge in [0, 0.05) is 18.7 Å². The average molecular weight is 220 g/mol. The van der Waals surface area contributed by atoms with Crippen LogP contribution in [0, 0.1) is 12.8 Å². The topological polar surface area (TPSA) is 49.8 Å². The van der Waals surface area contributed by atoms with Crippen molar-refractivity contribution >= 4 is 11.6 Å². The van der Waals surface area contributed by atoms with Gasteiger partial charge >= 0.3 is 0 Å². The van der Waals surface area contributed by atoms with E-state index >= 15 is 0 Å². The Kier molecular flexibility index (Phi) is 3.27. The van der Waals surface area contributed by atoms with Gasteiger partial charge in [-0.2, -0.15) is 0 Å². The summed E-state index contributed by atoms with van der Waals surface area (Å²) in [6, 6.07) is 0.577. The Morgan fingerprint density at radius 2 is 2.00 bits per heavy atom. The standard InChI is InChI=1S/C12H20N4/c1-8-4-5-10(6-8)16-12-9(2)11(13-3)14-7-15-12/h7-8,10H,4-6H2,1-3H3,(H2,13,14,15,16). The van der Waals surface area contributed by atoms with Gasteiger partial charge in [0.25, 0.3) is 0 Å². The summed E-state index contributed by atoms with van der Waals surface area (Å²) in [6.45, 7) is 4.36. The number of nitrogens with one attached hydrogen (secondary N) is 2. The van der Waals surface area contributed by atoms with Crippen molar-refractivity contribution in [2.24, 2.45) is 5.92 Å². The number of hydrogen-bond donors (Lipinski definition) is 2. The number of aromatic nitrogens is 2. The SMILES string of the molecule is CNc1ncnc(NC2CCC(C)C2)c1C. The van der Waals surface area contributed by atoms with E-state index in [1.807, 2.05) is 14.0 Å². The van der Waals surface area contributed by atoms with Crippen LogP contribution in [-0.2, 0) is 0 Å². The van der Waals surface area contributed by atoms with Crippen LogP contribution in [0.3, 0.4) is 0 Å². The Morgan fingerprint density at radius 1 is 1.25 bits per heavy atom. The van der Waals surface area contributed by atoms with Crippen LogP contribution in [0.4, 0.5) is 11.6 Å². The average Bonchev–Trinajstić information content (AvgIpc) is 2.67. The molecule has 0 amide bonds. The molecule has 2 atom stereocenters. The van der Waals surface area contributed by atoms with Crippen molar-refractivity contribution in [2.45, 2.75) is 39.2 Å². The molecule has 1 aliphatic rings. The summed E-state index contributed by atoms with van der Waals surface area (Å²) in [6.07, 6.45) is 5.43. The largest absolute Gasteiger partial charge is 0.373 e. The van der Waals surface area contributed by atoms with Crippen LogP contribution in [0.1, 0.15) is 31.7 Å². The van der Waals surface area contributed by atoms with Gasteiger partial charge < -0.3 is 10.6 Å². The lowest BCUT2D eigenvalue weighted by molar-refractivity contribution is 0.602. The van der Waals surface area contributed by atoms with E-state index in [9.17, 15) is 0 Å². The van der Waals surface area contributed by atoms with Crippen LogP contribution in [-0.4, -0.2) is 23.1 Å². The molecule has 0 radical (unpaired) electrons. The van der Waals surface area contributed by atoms with Gasteiger partial charge in [0.2, 0.25) is 0 Å². The minimum absolute atomic E-state index is 0.577. The maximum Gasteiger partial charge on any atom is 0.134 e. The molecule has 0 aliphatic heterocycles. The molecule has 0 spiro atoms. The molecule has 88 valence electrons. The molecule has 2 rings (SSSR count). The fourth-order valence-electron chi connectivity index (χ4n) is 2.38. The molecular weight excluding hydrogens is 200 g/mol. The fraction of sp³-hybridized carbons (Fsp3) is 0.667. The van der Waals surface area contributed by atoms with Crippen molar-refractivity contribution in [2.75, 3.05) is 17.7 Å². The highest BCUT2D eigenvalue weighted by atomic mass is 15.1. The third-order valence-electron chi connectivity index (χ3n) is 3.36. The fourth-order valence-corrected chi connectivity index (χ4v) is 2.38. The van der Waals surface area contributed by atoms with E-state index < -0.39 is 0 Å². The van der Waals surface area contributed by atoms with Gasteiger partial charge in [-0.25, -0.2) is 9.97 Å². The predicted octanol–water partition coefficient (Wildman–Crippen LogP) is 2.43. The second-order valence-electron chi connectivity index (χ2n) is 4.71. The highest BCUT2D eigenvalue weighted by Gasteiger charge is 2.22. The van der Waals surface area contributed by atoms with Crippen molar-refractivity contribution in [3.8, 4) is 0 Å². The van der Waals surface area contributed by atoms with Crippen molar-refractivity contribution in [1.29, 1.82) is 0 Å². The lowest BCUT2D eigenvalue weighted by Crippen LogP contribution is -2.17. The molecule has 1 aromatic heterocycles. The van der Waals surface area contributed by atoms with E-state index in [-0.39, 0.29) is 0 Å². The quantitative estimate of drug-likeness (QED) is 0.821. The van der Waals surface area contributed by atoms with E-state index in [2.05, 4.69) is 27.5 Å². The lowest BCUT2D eigenvalue weighted by atomic mass is 10.1. The van der Waals surface area contributed by atoms with Crippen LogP contribution in [0.2, 0.25) is 0 Å². The zero-order chi connectivity index (χ0) is 11.5. The predicted molar refractivity (Wildman–Crippen MR) is 66.7 cm³/mol. The Balaban J connectivity index is 2.09. The first kappa shape index (κ1) is 11.2. The van der Waals surface area contributed by atoms with Crippen LogP contribution >= 0.6 is 0 Å². The minimum Gasteiger partial charge on any atom is -0.373 e. The summed E-state index contributed by atoms with van der Waals surface area (Å²) in [7, 11) is 1.89. The van der Waals surface area contributed by atoms with Gasteiger partial charge in [0.15, 0.2) is 0 Å². The summed E-state index contributed by atoms with van der Waals surface area (Å²) >= 11 is 0. The van der Waals surface area contributed by atoms with Crippen LogP contribution in [0.5, 0.6) is 0 Å². The molecule has 1 aromatic rings. The maximum absolute atomic E-state index is 4.31. The normalized spacial score (nSPS) is 24.4. The molecule has 1 aliphatic carbocycles. The third kappa shape index (κ3) is 2.26. The van der Waals surface area contributed by atoms with Gasteiger partial charge in [0.1, 0.15) is 18.0 Å². The zero-order valence-electron chi connectivity index (χ0n) is 10.2. The molecule has 1 fully saturated rings. The molecule has 4 nitrogen and oxygen atoms in total. The van der Waals surface area contributed by atoms with E-state index in [4.69, 9.17) is 0 Å². The molecule has 4 heteroatoms. The van der Waals surface area contributed by atoms with Crippen molar-refractivity contribution in [1.82, 2.24) is 9.97 Å². The van der Waals surface area contributed by atoms with E-state index in [0.29, 0.717) is 6.04 Å². The smallest absolute Gasteiger partial charge is 0.134 e.